The number of rotatable bonds is 12. The molecule has 1 saturated heterocycles. The predicted octanol–water partition coefficient (Wildman–Crippen LogP) is 8.76. The number of aliphatic carboxylic acids is 1. The Morgan fingerprint density at radius 3 is 2.40 bits per heavy atom. The van der Waals surface area contributed by atoms with E-state index in [1.54, 1.807) is 25.6 Å². The standard InChI is InChI=1S/C39H45ClN2O4S/c1-38(2,3)47-36-30-20-27(46-35(31-12-9-19-41-31)34(43)29-21-28(29)25-10-7-6-8-11-25)17-18-32(30)42(23-24-13-15-26(40)16-14-24)33(36)22-39(4,5)37(44)45/h6-8,10-11,13-18,20,28-29,31,35,41H,9,12,19,21-23H2,1-5H3,(H,44,45)/t28?,29-,31?,35?/m1/s1. The molecule has 248 valence electrons. The van der Waals surface area contributed by atoms with Crippen LogP contribution in [0.2, 0.25) is 5.02 Å². The molecule has 6 nitrogen and oxygen atoms in total. The van der Waals surface area contributed by atoms with Gasteiger partial charge >= 0.3 is 5.97 Å². The predicted molar refractivity (Wildman–Crippen MR) is 191 cm³/mol. The molecule has 47 heavy (non-hydrogen) atoms. The highest BCUT2D eigenvalue weighted by Gasteiger charge is 2.49. The van der Waals surface area contributed by atoms with Crippen LogP contribution in [0.4, 0.5) is 0 Å². The molecule has 2 aliphatic rings. The number of carboxylic acid groups (broad SMARTS) is 1. The van der Waals surface area contributed by atoms with Gasteiger partial charge in [0.05, 0.1) is 11.5 Å². The molecule has 0 spiro atoms. The summed E-state index contributed by atoms with van der Waals surface area (Å²) in [5.74, 6) is 0.203. The highest BCUT2D eigenvalue weighted by molar-refractivity contribution is 8.00. The Labute approximate surface area is 287 Å². The second kappa shape index (κ2) is 13.3. The molecule has 3 aromatic carbocycles. The van der Waals surface area contributed by atoms with Crippen molar-refractivity contribution >= 4 is 46.0 Å². The third-order valence-corrected chi connectivity index (χ3v) is 10.9. The van der Waals surface area contributed by atoms with Crippen LogP contribution in [-0.2, 0) is 22.6 Å². The fourth-order valence-corrected chi connectivity index (χ4v) is 8.03. The number of ketones is 1. The number of carbonyl (C=O) groups is 2. The van der Waals surface area contributed by atoms with Gasteiger partial charge in [-0.05, 0) is 87.0 Å². The van der Waals surface area contributed by atoms with Gasteiger partial charge in [0.1, 0.15) is 5.75 Å². The Hall–Kier alpha value is -3.26. The van der Waals surface area contributed by atoms with Crippen molar-refractivity contribution in [2.24, 2.45) is 11.3 Å². The van der Waals surface area contributed by atoms with E-state index in [4.69, 9.17) is 16.3 Å². The Bertz CT molecular complexity index is 1750. The molecule has 2 heterocycles. The number of thioether (sulfide) groups is 1. The molecule has 0 amide bonds. The van der Waals surface area contributed by atoms with Gasteiger partial charge in [0.2, 0.25) is 0 Å². The van der Waals surface area contributed by atoms with Crippen molar-refractivity contribution in [2.75, 3.05) is 6.54 Å². The van der Waals surface area contributed by atoms with Crippen molar-refractivity contribution in [3.05, 3.63) is 94.6 Å². The molecule has 1 aliphatic heterocycles. The normalized spacial score (nSPS) is 20.3. The number of benzene rings is 3. The maximum Gasteiger partial charge on any atom is 0.309 e. The molecule has 8 heteroatoms. The zero-order chi connectivity index (χ0) is 33.5. The highest BCUT2D eigenvalue weighted by Crippen LogP contribution is 2.49. The van der Waals surface area contributed by atoms with Crippen molar-refractivity contribution < 1.29 is 19.4 Å². The van der Waals surface area contributed by atoms with E-state index in [0.717, 1.165) is 52.9 Å². The molecule has 6 rings (SSSR count). The van der Waals surface area contributed by atoms with Crippen molar-refractivity contribution in [3.63, 3.8) is 0 Å². The molecule has 1 aromatic heterocycles. The maximum atomic E-state index is 14.1. The minimum atomic E-state index is -0.982. The summed E-state index contributed by atoms with van der Waals surface area (Å²) in [5, 5.41) is 15.4. The number of carbonyl (C=O) groups excluding carboxylic acids is 1. The zero-order valence-electron chi connectivity index (χ0n) is 27.9. The second-order valence-electron chi connectivity index (χ2n) is 14.8. The Kier molecular flexibility index (Phi) is 9.54. The lowest BCUT2D eigenvalue weighted by molar-refractivity contribution is -0.146. The lowest BCUT2D eigenvalue weighted by Crippen LogP contribution is -2.45. The van der Waals surface area contributed by atoms with Gasteiger partial charge in [-0.2, -0.15) is 0 Å². The molecule has 4 atom stereocenters. The van der Waals surface area contributed by atoms with E-state index in [2.05, 4.69) is 54.9 Å². The zero-order valence-corrected chi connectivity index (χ0v) is 29.5. The fourth-order valence-electron chi connectivity index (χ4n) is 6.72. The average Bonchev–Trinajstić information content (AvgIpc) is 3.56. The van der Waals surface area contributed by atoms with E-state index in [1.807, 2.05) is 48.5 Å². The topological polar surface area (TPSA) is 80.6 Å². The van der Waals surface area contributed by atoms with E-state index in [0.29, 0.717) is 23.7 Å². The van der Waals surface area contributed by atoms with Crippen LogP contribution < -0.4 is 10.1 Å². The summed E-state index contributed by atoms with van der Waals surface area (Å²) in [6.07, 6.45) is 2.56. The van der Waals surface area contributed by atoms with Crippen LogP contribution in [0, 0.1) is 11.3 Å². The summed E-state index contributed by atoms with van der Waals surface area (Å²) in [5.41, 5.74) is 3.29. The second-order valence-corrected chi connectivity index (χ2v) is 17.0. The van der Waals surface area contributed by atoms with Gasteiger partial charge in [-0.3, -0.25) is 9.59 Å². The summed E-state index contributed by atoms with van der Waals surface area (Å²) < 4.78 is 8.83. The van der Waals surface area contributed by atoms with Gasteiger partial charge < -0.3 is 19.7 Å². The maximum absolute atomic E-state index is 14.1. The molecule has 3 unspecified atom stereocenters. The first-order valence-electron chi connectivity index (χ1n) is 16.6. The first-order valence-corrected chi connectivity index (χ1v) is 17.8. The third kappa shape index (κ3) is 7.58. The fraction of sp³-hybridized carbons (Fsp3) is 0.436. The number of ether oxygens (including phenoxy) is 1. The number of halogens is 1. The lowest BCUT2D eigenvalue weighted by Gasteiger charge is -2.24. The lowest BCUT2D eigenvalue weighted by atomic mass is 9.88. The molecule has 1 saturated carbocycles. The van der Waals surface area contributed by atoms with Crippen LogP contribution in [0.25, 0.3) is 10.9 Å². The van der Waals surface area contributed by atoms with Crippen molar-refractivity contribution in [1.29, 1.82) is 0 Å². The largest absolute Gasteiger partial charge is 0.481 e. The van der Waals surface area contributed by atoms with Crippen LogP contribution in [0.1, 0.15) is 76.6 Å². The minimum absolute atomic E-state index is 0.0277. The van der Waals surface area contributed by atoms with Gasteiger partial charge in [0.25, 0.3) is 0 Å². The molecule has 0 radical (unpaired) electrons. The van der Waals surface area contributed by atoms with Gasteiger partial charge in [-0.15, -0.1) is 11.8 Å². The summed E-state index contributed by atoms with van der Waals surface area (Å²) in [4.78, 5) is 27.5. The van der Waals surface area contributed by atoms with E-state index in [-0.39, 0.29) is 28.4 Å². The highest BCUT2D eigenvalue weighted by atomic mass is 35.5. The van der Waals surface area contributed by atoms with Crippen molar-refractivity contribution in [3.8, 4) is 5.75 Å². The van der Waals surface area contributed by atoms with Crippen LogP contribution in [0.3, 0.4) is 0 Å². The summed E-state index contributed by atoms with van der Waals surface area (Å²) in [6.45, 7) is 11.5. The van der Waals surface area contributed by atoms with Crippen LogP contribution in [0.5, 0.6) is 5.75 Å². The van der Waals surface area contributed by atoms with Crippen molar-refractivity contribution in [2.45, 2.75) is 94.6 Å². The van der Waals surface area contributed by atoms with E-state index in [1.165, 1.54) is 5.56 Å². The van der Waals surface area contributed by atoms with Gasteiger partial charge in [-0.25, -0.2) is 0 Å². The SMILES string of the molecule is CC(C)(C)Sc1c(CC(C)(C)C(=O)O)n(Cc2ccc(Cl)cc2)c2ccc(OC(C(=O)[C@@H]3CC3c3ccccc3)C3CCCN3)cc12. The molecular formula is C39H45ClN2O4S. The quantitative estimate of drug-likeness (QED) is 0.147. The monoisotopic (exact) mass is 672 g/mol. The number of nitrogens with zero attached hydrogens (tertiary/aromatic N) is 1. The van der Waals surface area contributed by atoms with Gasteiger partial charge in [-0.1, -0.05) is 74.8 Å². The van der Waals surface area contributed by atoms with E-state index in [9.17, 15) is 14.7 Å². The van der Waals surface area contributed by atoms with E-state index < -0.39 is 17.5 Å². The van der Waals surface area contributed by atoms with Crippen LogP contribution in [0.15, 0.2) is 77.7 Å². The number of fused-ring (bicyclic) bond motifs is 1. The Morgan fingerprint density at radius 1 is 1.04 bits per heavy atom. The van der Waals surface area contributed by atoms with Gasteiger partial charge in [0, 0.05) is 50.1 Å². The smallest absolute Gasteiger partial charge is 0.309 e. The molecule has 4 aromatic rings. The summed E-state index contributed by atoms with van der Waals surface area (Å²) in [7, 11) is 0. The van der Waals surface area contributed by atoms with Gasteiger partial charge in [0.15, 0.2) is 11.9 Å². The summed E-state index contributed by atoms with van der Waals surface area (Å²) in [6, 6.07) is 24.2. The number of Topliss-reactive ketones (excluding diaryl/α,β-unsaturated/α-hetero) is 1. The van der Waals surface area contributed by atoms with Crippen LogP contribution in [-0.4, -0.2) is 44.9 Å². The molecule has 2 fully saturated rings. The molecule has 1 aliphatic carbocycles. The Balaban J connectivity index is 1.41. The van der Waals surface area contributed by atoms with E-state index >= 15 is 0 Å². The average molecular weight is 673 g/mol. The third-order valence-electron chi connectivity index (χ3n) is 9.33. The van der Waals surface area contributed by atoms with Crippen molar-refractivity contribution in [1.82, 2.24) is 9.88 Å². The number of carboxylic acids is 1. The Morgan fingerprint density at radius 2 is 1.77 bits per heavy atom. The number of nitrogens with one attached hydrogen (secondary N) is 1. The first-order chi connectivity index (χ1) is 22.3. The molecule has 2 N–H and O–H groups in total. The number of hydrogen-bond acceptors (Lipinski definition) is 5. The number of hydrogen-bond donors (Lipinski definition) is 2. The van der Waals surface area contributed by atoms with Crippen LogP contribution >= 0.6 is 23.4 Å². The molecular weight excluding hydrogens is 628 g/mol. The first kappa shape index (κ1) is 33.6. The summed E-state index contributed by atoms with van der Waals surface area (Å²) >= 11 is 7.96. The number of aromatic nitrogens is 1. The molecule has 0 bridgehead atoms. The minimum Gasteiger partial charge on any atom is -0.481 e.